The molecule has 2 aliphatic carbocycles. The van der Waals surface area contributed by atoms with Gasteiger partial charge in [-0.1, -0.05) is 11.6 Å². The number of hydrogen-bond donors (Lipinski definition) is 3. The van der Waals surface area contributed by atoms with E-state index in [0.717, 1.165) is 51.1 Å². The Morgan fingerprint density at radius 1 is 1.06 bits per heavy atom. The van der Waals surface area contributed by atoms with E-state index in [1.807, 2.05) is 6.07 Å². The quantitative estimate of drug-likeness (QED) is 0.361. The Morgan fingerprint density at radius 2 is 1.84 bits per heavy atom. The van der Waals surface area contributed by atoms with Crippen molar-refractivity contribution in [1.82, 2.24) is 15.3 Å². The molecule has 0 saturated heterocycles. The Labute approximate surface area is 188 Å². The summed E-state index contributed by atoms with van der Waals surface area (Å²) in [5.74, 6) is 1.03. The minimum absolute atomic E-state index is 0.338. The lowest BCUT2D eigenvalue weighted by Crippen LogP contribution is -2.38. The number of rotatable bonds is 10. The van der Waals surface area contributed by atoms with E-state index in [4.69, 9.17) is 16.3 Å². The fourth-order valence-corrected chi connectivity index (χ4v) is 4.22. The van der Waals surface area contributed by atoms with Crippen LogP contribution in [0.5, 0.6) is 0 Å². The Bertz CT molecular complexity index is 871. The zero-order valence-electron chi connectivity index (χ0n) is 18.0. The van der Waals surface area contributed by atoms with Crippen LogP contribution in [0.3, 0.4) is 0 Å². The highest BCUT2D eigenvalue weighted by Crippen LogP contribution is 2.33. The fourth-order valence-electron chi connectivity index (χ4n) is 4.05. The first-order chi connectivity index (χ1) is 15.1. The minimum atomic E-state index is -0.367. The van der Waals surface area contributed by atoms with Gasteiger partial charge in [0, 0.05) is 49.6 Å². The molecule has 31 heavy (non-hydrogen) atoms. The van der Waals surface area contributed by atoms with Gasteiger partial charge in [-0.25, -0.2) is 14.4 Å². The van der Waals surface area contributed by atoms with Crippen LogP contribution in [0, 0.1) is 11.7 Å². The molecule has 0 spiro atoms. The predicted octanol–water partition coefficient (Wildman–Crippen LogP) is 4.72. The van der Waals surface area contributed by atoms with Gasteiger partial charge in [0.1, 0.15) is 11.6 Å². The molecule has 8 heteroatoms. The lowest BCUT2D eigenvalue weighted by molar-refractivity contribution is 0.191. The highest BCUT2D eigenvalue weighted by molar-refractivity contribution is 6.32. The van der Waals surface area contributed by atoms with Crippen molar-refractivity contribution in [3.8, 4) is 11.1 Å². The first kappa shape index (κ1) is 22.2. The minimum Gasteiger partial charge on any atom is -0.383 e. The summed E-state index contributed by atoms with van der Waals surface area (Å²) < 4.78 is 19.7. The summed E-state index contributed by atoms with van der Waals surface area (Å²) >= 11 is 6.24. The third-order valence-electron chi connectivity index (χ3n) is 6.10. The van der Waals surface area contributed by atoms with Crippen molar-refractivity contribution in [2.24, 2.45) is 5.92 Å². The number of pyridine rings is 2. The maximum atomic E-state index is 14.6. The highest BCUT2D eigenvalue weighted by atomic mass is 35.5. The number of hydrogen-bond acceptors (Lipinski definition) is 6. The van der Waals surface area contributed by atoms with Crippen LogP contribution in [-0.2, 0) is 4.74 Å². The standard InChI is InChI=1S/C23H31ClFN5O/c1-31-9-8-26-17-4-6-18(7-5-17)30-22-11-19(20(25)14-28-22)16-10-21(23(24)29-13-16)27-12-15-2-3-15/h10-11,13-15,17-18,26-27H,2-9,12H2,1H3,(H,28,30). The second-order valence-electron chi connectivity index (χ2n) is 8.58. The molecule has 0 amide bonds. The van der Waals surface area contributed by atoms with Crippen LogP contribution >= 0.6 is 11.6 Å². The molecule has 0 aliphatic heterocycles. The molecular formula is C23H31ClFN5O. The van der Waals surface area contributed by atoms with E-state index in [0.29, 0.717) is 40.1 Å². The van der Waals surface area contributed by atoms with Gasteiger partial charge >= 0.3 is 0 Å². The molecular weight excluding hydrogens is 417 g/mol. The average Bonchev–Trinajstić information content (AvgIpc) is 3.61. The predicted molar refractivity (Wildman–Crippen MR) is 123 cm³/mol. The summed E-state index contributed by atoms with van der Waals surface area (Å²) in [5.41, 5.74) is 1.92. The molecule has 0 radical (unpaired) electrons. The van der Waals surface area contributed by atoms with Crippen LogP contribution in [0.1, 0.15) is 38.5 Å². The van der Waals surface area contributed by atoms with Crippen LogP contribution < -0.4 is 16.0 Å². The van der Waals surface area contributed by atoms with Crippen LogP contribution in [0.2, 0.25) is 5.15 Å². The second kappa shape index (κ2) is 10.6. The number of nitrogens with zero attached hydrogens (tertiary/aromatic N) is 2. The Kier molecular flexibility index (Phi) is 7.58. The van der Waals surface area contributed by atoms with Gasteiger partial charge in [-0.05, 0) is 56.6 Å². The smallest absolute Gasteiger partial charge is 0.152 e. The van der Waals surface area contributed by atoms with Gasteiger partial charge in [-0.2, -0.15) is 0 Å². The van der Waals surface area contributed by atoms with Crippen LogP contribution in [0.25, 0.3) is 11.1 Å². The molecule has 168 valence electrons. The van der Waals surface area contributed by atoms with Crippen LogP contribution in [-0.4, -0.2) is 48.9 Å². The van der Waals surface area contributed by atoms with Crippen LogP contribution in [0.15, 0.2) is 24.5 Å². The number of halogens is 2. The summed E-state index contributed by atoms with van der Waals surface area (Å²) in [7, 11) is 1.72. The highest BCUT2D eigenvalue weighted by Gasteiger charge is 2.22. The van der Waals surface area contributed by atoms with Crippen molar-refractivity contribution in [2.45, 2.75) is 50.6 Å². The average molecular weight is 448 g/mol. The van der Waals surface area contributed by atoms with Gasteiger partial charge in [-0.15, -0.1) is 0 Å². The first-order valence-corrected chi connectivity index (χ1v) is 11.5. The van der Waals surface area contributed by atoms with Crippen molar-refractivity contribution < 1.29 is 9.13 Å². The van der Waals surface area contributed by atoms with E-state index >= 15 is 0 Å². The maximum Gasteiger partial charge on any atom is 0.152 e. The van der Waals surface area contributed by atoms with Crippen molar-refractivity contribution in [2.75, 3.05) is 37.4 Å². The Balaban J connectivity index is 1.39. The molecule has 0 atom stereocenters. The van der Waals surface area contributed by atoms with Gasteiger partial charge in [0.2, 0.25) is 0 Å². The fraction of sp³-hybridized carbons (Fsp3) is 0.565. The maximum absolute atomic E-state index is 14.6. The summed E-state index contributed by atoms with van der Waals surface area (Å²) in [4.78, 5) is 8.52. The second-order valence-corrected chi connectivity index (χ2v) is 8.93. The first-order valence-electron chi connectivity index (χ1n) is 11.2. The Morgan fingerprint density at radius 3 is 2.58 bits per heavy atom. The van der Waals surface area contributed by atoms with Gasteiger partial charge in [0.25, 0.3) is 0 Å². The third-order valence-corrected chi connectivity index (χ3v) is 6.40. The van der Waals surface area contributed by atoms with Gasteiger partial charge in [-0.3, -0.25) is 0 Å². The molecule has 2 aromatic rings. The van der Waals surface area contributed by atoms with E-state index < -0.39 is 0 Å². The van der Waals surface area contributed by atoms with Crippen molar-refractivity contribution in [3.63, 3.8) is 0 Å². The number of anilines is 2. The molecule has 2 aliphatic rings. The monoisotopic (exact) mass is 447 g/mol. The van der Waals surface area contributed by atoms with Crippen molar-refractivity contribution in [1.29, 1.82) is 0 Å². The largest absolute Gasteiger partial charge is 0.383 e. The normalized spacial score (nSPS) is 21.1. The van der Waals surface area contributed by atoms with Crippen molar-refractivity contribution in [3.05, 3.63) is 35.5 Å². The number of ether oxygens (including phenoxy) is 1. The van der Waals surface area contributed by atoms with Gasteiger partial charge in [0.05, 0.1) is 18.5 Å². The molecule has 6 nitrogen and oxygen atoms in total. The van der Waals surface area contributed by atoms with E-state index in [-0.39, 0.29) is 5.82 Å². The van der Waals surface area contributed by atoms with E-state index in [9.17, 15) is 4.39 Å². The molecule has 2 saturated carbocycles. The van der Waals surface area contributed by atoms with Gasteiger partial charge < -0.3 is 20.7 Å². The van der Waals surface area contributed by atoms with E-state index in [1.165, 1.54) is 19.0 Å². The molecule has 2 heterocycles. The number of nitrogens with one attached hydrogen (secondary N) is 3. The summed E-state index contributed by atoms with van der Waals surface area (Å²) in [6.07, 6.45) is 9.70. The topological polar surface area (TPSA) is 71.1 Å². The van der Waals surface area contributed by atoms with E-state index in [2.05, 4.69) is 25.9 Å². The number of aromatic nitrogens is 2. The van der Waals surface area contributed by atoms with Crippen molar-refractivity contribution >= 4 is 23.1 Å². The lowest BCUT2D eigenvalue weighted by atomic mass is 9.91. The third kappa shape index (κ3) is 6.28. The number of methoxy groups -OCH3 is 1. The van der Waals surface area contributed by atoms with Gasteiger partial charge in [0.15, 0.2) is 5.15 Å². The molecule has 0 unspecified atom stereocenters. The molecule has 2 aromatic heterocycles. The van der Waals surface area contributed by atoms with E-state index in [1.54, 1.807) is 19.4 Å². The summed E-state index contributed by atoms with van der Waals surface area (Å²) in [6.45, 7) is 2.49. The molecule has 0 bridgehead atoms. The zero-order chi connectivity index (χ0) is 21.6. The summed E-state index contributed by atoms with van der Waals surface area (Å²) in [6, 6.07) is 4.52. The molecule has 2 fully saturated rings. The SMILES string of the molecule is COCCNC1CCC(Nc2cc(-c3cnc(Cl)c(NCC4CC4)c3)c(F)cn2)CC1. The lowest BCUT2D eigenvalue weighted by Gasteiger charge is -2.30. The van der Waals surface area contributed by atoms with Crippen LogP contribution in [0.4, 0.5) is 15.9 Å². The summed E-state index contributed by atoms with van der Waals surface area (Å²) in [5, 5.41) is 10.8. The molecule has 3 N–H and O–H groups in total. The Hall–Kier alpha value is -1.96. The molecule has 0 aromatic carbocycles. The molecule has 4 rings (SSSR count). The zero-order valence-corrected chi connectivity index (χ0v) is 18.7.